The van der Waals surface area contributed by atoms with E-state index in [2.05, 4.69) is 10.3 Å². The molecular weight excluding hydrogens is 238 g/mol. The number of hydrogen-bond donors (Lipinski definition) is 1. The highest BCUT2D eigenvalue weighted by Gasteiger charge is 2.39. The van der Waals surface area contributed by atoms with Gasteiger partial charge in [-0.25, -0.2) is 4.98 Å². The minimum Gasteiger partial charge on any atom is -0.341 e. The molecule has 0 aromatic carbocycles. The van der Waals surface area contributed by atoms with Crippen molar-refractivity contribution in [1.82, 2.24) is 15.2 Å². The monoisotopic (exact) mass is 253 g/mol. The second-order valence-corrected chi connectivity index (χ2v) is 6.02. The predicted molar refractivity (Wildman–Crippen MR) is 64.5 cm³/mol. The van der Waals surface area contributed by atoms with Crippen LogP contribution < -0.4 is 5.32 Å². The maximum Gasteiger partial charge on any atom is 0.248 e. The van der Waals surface area contributed by atoms with E-state index in [1.165, 1.54) is 0 Å². The molecule has 2 heterocycles. The van der Waals surface area contributed by atoms with Crippen LogP contribution in [0, 0.1) is 6.92 Å². The van der Waals surface area contributed by atoms with Crippen LogP contribution in [-0.4, -0.2) is 33.8 Å². The molecule has 17 heavy (non-hydrogen) atoms. The van der Waals surface area contributed by atoms with E-state index in [0.29, 0.717) is 6.54 Å². The Morgan fingerprint density at radius 3 is 2.82 bits per heavy atom. The van der Waals surface area contributed by atoms with Gasteiger partial charge in [0.1, 0.15) is 17.1 Å². The van der Waals surface area contributed by atoms with Crippen LogP contribution in [0.4, 0.5) is 0 Å². The van der Waals surface area contributed by atoms with Crippen LogP contribution in [0.3, 0.4) is 0 Å². The van der Waals surface area contributed by atoms with Crippen LogP contribution in [0.25, 0.3) is 0 Å². The van der Waals surface area contributed by atoms with Crippen LogP contribution in [-0.2, 0) is 16.1 Å². The van der Waals surface area contributed by atoms with Crippen molar-refractivity contribution in [1.29, 1.82) is 0 Å². The number of rotatable bonds is 2. The summed E-state index contributed by atoms with van der Waals surface area (Å²) in [5.41, 5.74) is -0.818. The summed E-state index contributed by atoms with van der Waals surface area (Å²) in [4.78, 5) is 30.5. The first kappa shape index (κ1) is 12.0. The van der Waals surface area contributed by atoms with E-state index in [4.69, 9.17) is 0 Å². The number of piperazine rings is 1. The zero-order valence-corrected chi connectivity index (χ0v) is 10.9. The SMILES string of the molecule is Cc1cnc(CN2CC(=O)NC(C)(C)C2=O)s1. The van der Waals surface area contributed by atoms with E-state index >= 15 is 0 Å². The Hall–Kier alpha value is -1.43. The molecule has 2 amide bonds. The van der Waals surface area contributed by atoms with Crippen molar-refractivity contribution in [2.75, 3.05) is 6.54 Å². The number of nitrogens with zero attached hydrogens (tertiary/aromatic N) is 2. The normalized spacial score (nSPS) is 19.4. The highest BCUT2D eigenvalue weighted by atomic mass is 32.1. The zero-order valence-electron chi connectivity index (χ0n) is 10.1. The topological polar surface area (TPSA) is 62.3 Å². The molecule has 1 saturated heterocycles. The maximum absolute atomic E-state index is 12.1. The molecule has 5 nitrogen and oxygen atoms in total. The lowest BCUT2D eigenvalue weighted by atomic mass is 10.0. The molecule has 1 N–H and O–H groups in total. The van der Waals surface area contributed by atoms with E-state index < -0.39 is 5.54 Å². The van der Waals surface area contributed by atoms with Gasteiger partial charge in [0, 0.05) is 11.1 Å². The Labute approximate surface area is 104 Å². The Morgan fingerprint density at radius 2 is 2.24 bits per heavy atom. The fraction of sp³-hybridized carbons (Fsp3) is 0.545. The molecule has 6 heteroatoms. The molecule has 1 aromatic rings. The number of nitrogens with one attached hydrogen (secondary N) is 1. The van der Waals surface area contributed by atoms with Crippen molar-refractivity contribution in [3.8, 4) is 0 Å². The fourth-order valence-corrected chi connectivity index (χ4v) is 2.65. The van der Waals surface area contributed by atoms with Gasteiger partial charge in [-0.05, 0) is 20.8 Å². The molecule has 0 aliphatic carbocycles. The molecule has 0 radical (unpaired) electrons. The summed E-state index contributed by atoms with van der Waals surface area (Å²) in [7, 11) is 0. The first-order valence-electron chi connectivity index (χ1n) is 5.40. The summed E-state index contributed by atoms with van der Waals surface area (Å²) in [5.74, 6) is -0.187. The number of carbonyl (C=O) groups excluding carboxylic acids is 2. The summed E-state index contributed by atoms with van der Waals surface area (Å²) in [6.07, 6.45) is 1.78. The minimum absolute atomic E-state index is 0.0649. The van der Waals surface area contributed by atoms with E-state index in [9.17, 15) is 9.59 Å². The van der Waals surface area contributed by atoms with Gasteiger partial charge in [-0.1, -0.05) is 0 Å². The first-order valence-corrected chi connectivity index (χ1v) is 6.22. The zero-order chi connectivity index (χ0) is 12.6. The van der Waals surface area contributed by atoms with Gasteiger partial charge in [0.15, 0.2) is 0 Å². The van der Waals surface area contributed by atoms with Gasteiger partial charge in [-0.15, -0.1) is 11.3 Å². The van der Waals surface area contributed by atoms with E-state index in [1.54, 1.807) is 36.3 Å². The maximum atomic E-state index is 12.1. The van der Waals surface area contributed by atoms with E-state index in [-0.39, 0.29) is 18.4 Å². The van der Waals surface area contributed by atoms with E-state index in [1.807, 2.05) is 6.92 Å². The predicted octanol–water partition coefficient (Wildman–Crippen LogP) is 0.689. The third-order valence-corrected chi connectivity index (χ3v) is 3.50. The molecule has 0 unspecified atom stereocenters. The average molecular weight is 253 g/mol. The molecule has 0 spiro atoms. The highest BCUT2D eigenvalue weighted by Crippen LogP contribution is 2.18. The van der Waals surface area contributed by atoms with Gasteiger partial charge in [0.05, 0.1) is 6.54 Å². The second-order valence-electron chi connectivity index (χ2n) is 4.70. The van der Waals surface area contributed by atoms with Gasteiger partial charge < -0.3 is 10.2 Å². The lowest BCUT2D eigenvalue weighted by Gasteiger charge is -2.36. The standard InChI is InChI=1S/C11H15N3O2S/c1-7-4-12-9(17-7)6-14-5-8(15)13-11(2,3)10(14)16/h4H,5-6H2,1-3H3,(H,13,15). The molecule has 1 aliphatic heterocycles. The van der Waals surface area contributed by atoms with Gasteiger partial charge >= 0.3 is 0 Å². The molecule has 92 valence electrons. The lowest BCUT2D eigenvalue weighted by Crippen LogP contribution is -2.63. The third kappa shape index (κ3) is 2.46. The molecule has 1 fully saturated rings. The highest BCUT2D eigenvalue weighted by molar-refractivity contribution is 7.11. The third-order valence-electron chi connectivity index (χ3n) is 2.60. The van der Waals surface area contributed by atoms with Crippen molar-refractivity contribution in [3.63, 3.8) is 0 Å². The molecule has 1 aromatic heterocycles. The number of carbonyl (C=O) groups is 2. The Kier molecular flexibility index (Phi) is 2.91. The summed E-state index contributed by atoms with van der Waals surface area (Å²) < 4.78 is 0. The number of hydrogen-bond acceptors (Lipinski definition) is 4. The molecule has 0 bridgehead atoms. The Bertz CT molecular complexity index is 467. The Balaban J connectivity index is 2.15. The molecule has 1 aliphatic rings. The van der Waals surface area contributed by atoms with Crippen molar-refractivity contribution < 1.29 is 9.59 Å². The van der Waals surface area contributed by atoms with Crippen LogP contribution in [0.5, 0.6) is 0 Å². The smallest absolute Gasteiger partial charge is 0.248 e. The summed E-state index contributed by atoms with van der Waals surface area (Å²) in [6, 6.07) is 0. The van der Waals surface area contributed by atoms with Gasteiger partial charge in [-0.3, -0.25) is 9.59 Å². The van der Waals surface area contributed by atoms with Crippen LogP contribution in [0.15, 0.2) is 6.20 Å². The van der Waals surface area contributed by atoms with Gasteiger partial charge in [0.25, 0.3) is 0 Å². The van der Waals surface area contributed by atoms with Crippen LogP contribution >= 0.6 is 11.3 Å². The van der Waals surface area contributed by atoms with Crippen LogP contribution in [0.2, 0.25) is 0 Å². The van der Waals surface area contributed by atoms with Crippen molar-refractivity contribution in [3.05, 3.63) is 16.1 Å². The molecular formula is C11H15N3O2S. The molecule has 2 rings (SSSR count). The number of amides is 2. The molecule has 0 atom stereocenters. The summed E-state index contributed by atoms with van der Waals surface area (Å²) in [5, 5.41) is 3.54. The van der Waals surface area contributed by atoms with Crippen molar-refractivity contribution in [2.24, 2.45) is 0 Å². The van der Waals surface area contributed by atoms with E-state index in [0.717, 1.165) is 9.88 Å². The summed E-state index contributed by atoms with van der Waals surface area (Å²) >= 11 is 1.55. The fourth-order valence-electron chi connectivity index (χ4n) is 1.85. The van der Waals surface area contributed by atoms with Crippen molar-refractivity contribution >= 4 is 23.2 Å². The number of aromatic nitrogens is 1. The van der Waals surface area contributed by atoms with Gasteiger partial charge in [-0.2, -0.15) is 0 Å². The molecule has 0 saturated carbocycles. The lowest BCUT2D eigenvalue weighted by molar-refractivity contribution is -0.148. The number of aryl methyl sites for hydroxylation is 1. The quantitative estimate of drug-likeness (QED) is 0.843. The largest absolute Gasteiger partial charge is 0.341 e. The second kappa shape index (κ2) is 4.10. The first-order chi connectivity index (χ1) is 7.88. The summed E-state index contributed by atoms with van der Waals surface area (Å²) in [6.45, 7) is 5.92. The minimum atomic E-state index is -0.818. The van der Waals surface area contributed by atoms with Crippen LogP contribution in [0.1, 0.15) is 23.7 Å². The average Bonchev–Trinajstić information content (AvgIpc) is 2.59. The van der Waals surface area contributed by atoms with Gasteiger partial charge in [0.2, 0.25) is 11.8 Å². The van der Waals surface area contributed by atoms with Crippen molar-refractivity contribution in [2.45, 2.75) is 32.9 Å². The Morgan fingerprint density at radius 1 is 1.53 bits per heavy atom. The number of thiazole rings is 1.